The number of benzene rings is 2. The van der Waals surface area contributed by atoms with Gasteiger partial charge >= 0.3 is 0 Å². The maximum Gasteiger partial charge on any atom is 0.276 e. The first-order chi connectivity index (χ1) is 11.7. The van der Waals surface area contributed by atoms with E-state index in [0.29, 0.717) is 17.2 Å². The SMILES string of the molecule is O=[N+]([O-])c1ccccc1/C=C/C=N/NC(=S)NCc1ccccc1. The molecule has 6 nitrogen and oxygen atoms in total. The van der Waals surface area contributed by atoms with Crippen LogP contribution < -0.4 is 10.7 Å². The highest BCUT2D eigenvalue weighted by molar-refractivity contribution is 7.80. The first-order valence-electron chi connectivity index (χ1n) is 7.18. The molecule has 0 unspecified atom stereocenters. The molecule has 0 radical (unpaired) electrons. The van der Waals surface area contributed by atoms with Crippen molar-refractivity contribution in [1.82, 2.24) is 10.7 Å². The van der Waals surface area contributed by atoms with Gasteiger partial charge in [-0.05, 0) is 36.0 Å². The summed E-state index contributed by atoms with van der Waals surface area (Å²) in [6.45, 7) is 0.605. The average molecular weight is 340 g/mol. The van der Waals surface area contributed by atoms with Crippen molar-refractivity contribution in [3.8, 4) is 0 Å². The number of nitrogens with one attached hydrogen (secondary N) is 2. The van der Waals surface area contributed by atoms with Gasteiger partial charge in [0, 0.05) is 18.8 Å². The summed E-state index contributed by atoms with van der Waals surface area (Å²) < 4.78 is 0. The lowest BCUT2D eigenvalue weighted by atomic mass is 10.2. The Balaban J connectivity index is 1.80. The number of nitrogens with zero attached hydrogens (tertiary/aromatic N) is 2. The minimum Gasteiger partial charge on any atom is -0.357 e. The van der Waals surface area contributed by atoms with Crippen molar-refractivity contribution in [3.63, 3.8) is 0 Å². The van der Waals surface area contributed by atoms with Gasteiger partial charge in [-0.15, -0.1) is 0 Å². The molecule has 2 aromatic rings. The molecule has 0 atom stereocenters. The highest BCUT2D eigenvalue weighted by Crippen LogP contribution is 2.18. The van der Waals surface area contributed by atoms with Gasteiger partial charge in [0.25, 0.3) is 5.69 Å². The lowest BCUT2D eigenvalue weighted by molar-refractivity contribution is -0.385. The van der Waals surface area contributed by atoms with Gasteiger partial charge in [-0.2, -0.15) is 5.10 Å². The smallest absolute Gasteiger partial charge is 0.276 e. The van der Waals surface area contributed by atoms with Gasteiger partial charge in [0.1, 0.15) is 0 Å². The normalized spacial score (nSPS) is 10.8. The zero-order valence-corrected chi connectivity index (χ0v) is 13.6. The molecule has 0 aliphatic carbocycles. The molecule has 0 aromatic heterocycles. The molecule has 0 aliphatic rings. The average Bonchev–Trinajstić information content (AvgIpc) is 2.61. The van der Waals surface area contributed by atoms with Crippen LogP contribution >= 0.6 is 12.2 Å². The number of nitro benzene ring substituents is 1. The highest BCUT2D eigenvalue weighted by Gasteiger charge is 2.08. The van der Waals surface area contributed by atoms with Crippen molar-refractivity contribution in [2.75, 3.05) is 0 Å². The number of rotatable bonds is 6. The molecule has 0 aliphatic heterocycles. The lowest BCUT2D eigenvalue weighted by Gasteiger charge is -2.06. The Morgan fingerprint density at radius 2 is 1.88 bits per heavy atom. The van der Waals surface area contributed by atoms with Crippen LogP contribution in [0, 0.1) is 10.1 Å². The first kappa shape index (κ1) is 17.3. The van der Waals surface area contributed by atoms with Crippen molar-refractivity contribution < 1.29 is 4.92 Å². The molecule has 2 N–H and O–H groups in total. The lowest BCUT2D eigenvalue weighted by Crippen LogP contribution is -2.31. The van der Waals surface area contributed by atoms with E-state index in [2.05, 4.69) is 15.8 Å². The maximum absolute atomic E-state index is 10.9. The summed E-state index contributed by atoms with van der Waals surface area (Å²) in [7, 11) is 0. The Bertz CT molecular complexity index is 760. The summed E-state index contributed by atoms with van der Waals surface area (Å²) in [5, 5.41) is 18.2. The summed E-state index contributed by atoms with van der Waals surface area (Å²) >= 11 is 5.10. The number of hydrogen-bond acceptors (Lipinski definition) is 4. The molecule has 0 bridgehead atoms. The Morgan fingerprint density at radius 1 is 1.17 bits per heavy atom. The monoisotopic (exact) mass is 340 g/mol. The predicted molar refractivity (Wildman–Crippen MR) is 99.6 cm³/mol. The number of hydrogen-bond donors (Lipinski definition) is 2. The van der Waals surface area contributed by atoms with Gasteiger partial charge in [-0.25, -0.2) is 0 Å². The van der Waals surface area contributed by atoms with Crippen LogP contribution in [0.25, 0.3) is 6.08 Å². The van der Waals surface area contributed by atoms with E-state index < -0.39 is 4.92 Å². The van der Waals surface area contributed by atoms with Gasteiger partial charge in [-0.3, -0.25) is 15.5 Å². The van der Waals surface area contributed by atoms with E-state index in [1.165, 1.54) is 12.3 Å². The second-order valence-electron chi connectivity index (χ2n) is 4.73. The van der Waals surface area contributed by atoms with Crippen LogP contribution in [0.5, 0.6) is 0 Å². The number of hydrazone groups is 1. The van der Waals surface area contributed by atoms with Gasteiger partial charge in [0.05, 0.1) is 10.5 Å². The van der Waals surface area contributed by atoms with Crippen molar-refractivity contribution in [1.29, 1.82) is 0 Å². The van der Waals surface area contributed by atoms with E-state index >= 15 is 0 Å². The molecule has 0 saturated carbocycles. The van der Waals surface area contributed by atoms with Gasteiger partial charge in [0.15, 0.2) is 5.11 Å². The van der Waals surface area contributed by atoms with Gasteiger partial charge in [-0.1, -0.05) is 42.5 Å². The fourth-order valence-corrected chi connectivity index (χ4v) is 2.02. The van der Waals surface area contributed by atoms with Crippen LogP contribution in [-0.2, 0) is 6.54 Å². The van der Waals surface area contributed by atoms with E-state index in [4.69, 9.17) is 12.2 Å². The molecule has 0 spiro atoms. The van der Waals surface area contributed by atoms with Crippen LogP contribution in [0.15, 0.2) is 65.8 Å². The highest BCUT2D eigenvalue weighted by atomic mass is 32.1. The van der Waals surface area contributed by atoms with E-state index in [9.17, 15) is 10.1 Å². The van der Waals surface area contributed by atoms with E-state index in [1.54, 1.807) is 30.4 Å². The van der Waals surface area contributed by atoms with Crippen molar-refractivity contribution >= 4 is 35.3 Å². The van der Waals surface area contributed by atoms with Crippen LogP contribution in [0.4, 0.5) is 5.69 Å². The molecule has 0 amide bonds. The molecule has 122 valence electrons. The second kappa shape index (κ2) is 9.16. The minimum absolute atomic E-state index is 0.0511. The number of nitro groups is 1. The van der Waals surface area contributed by atoms with Crippen molar-refractivity contribution in [2.24, 2.45) is 5.10 Å². The summed E-state index contributed by atoms with van der Waals surface area (Å²) in [6, 6.07) is 16.3. The Kier molecular flexibility index (Phi) is 6.60. The number of para-hydroxylation sites is 1. The third kappa shape index (κ3) is 5.62. The first-order valence-corrected chi connectivity index (χ1v) is 7.58. The zero-order chi connectivity index (χ0) is 17.2. The van der Waals surface area contributed by atoms with Crippen LogP contribution in [0.3, 0.4) is 0 Å². The van der Waals surface area contributed by atoms with Crippen LogP contribution in [0.2, 0.25) is 0 Å². The minimum atomic E-state index is -0.419. The Hall–Kier alpha value is -3.06. The summed E-state index contributed by atoms with van der Waals surface area (Å²) in [6.07, 6.45) is 4.70. The number of thiocarbonyl (C=S) groups is 1. The summed E-state index contributed by atoms with van der Waals surface area (Å²) in [5.74, 6) is 0. The quantitative estimate of drug-likeness (QED) is 0.365. The molecular formula is C17H16N4O2S. The largest absolute Gasteiger partial charge is 0.357 e. The molecule has 7 heteroatoms. The van der Waals surface area contributed by atoms with Crippen LogP contribution in [0.1, 0.15) is 11.1 Å². The van der Waals surface area contributed by atoms with E-state index in [1.807, 2.05) is 30.3 Å². The topological polar surface area (TPSA) is 79.6 Å². The Morgan fingerprint density at radius 3 is 2.62 bits per heavy atom. The fraction of sp³-hybridized carbons (Fsp3) is 0.0588. The van der Waals surface area contributed by atoms with Gasteiger partial charge in [0.2, 0.25) is 0 Å². The van der Waals surface area contributed by atoms with Crippen molar-refractivity contribution in [3.05, 3.63) is 81.9 Å². The molecule has 0 heterocycles. The summed E-state index contributed by atoms with van der Waals surface area (Å²) in [4.78, 5) is 10.5. The van der Waals surface area contributed by atoms with E-state index in [-0.39, 0.29) is 5.69 Å². The molecule has 0 saturated heterocycles. The predicted octanol–water partition coefficient (Wildman–Crippen LogP) is 3.26. The van der Waals surface area contributed by atoms with Gasteiger partial charge < -0.3 is 5.32 Å². The molecule has 24 heavy (non-hydrogen) atoms. The van der Waals surface area contributed by atoms with Crippen LogP contribution in [-0.4, -0.2) is 16.3 Å². The Labute approximate surface area is 145 Å². The molecular weight excluding hydrogens is 324 g/mol. The summed E-state index contributed by atoms with van der Waals surface area (Å²) in [5.41, 5.74) is 4.36. The maximum atomic E-state index is 10.9. The zero-order valence-electron chi connectivity index (χ0n) is 12.8. The second-order valence-corrected chi connectivity index (χ2v) is 5.14. The van der Waals surface area contributed by atoms with Crippen molar-refractivity contribution in [2.45, 2.75) is 6.54 Å². The molecule has 2 aromatic carbocycles. The fourth-order valence-electron chi connectivity index (χ4n) is 1.90. The van der Waals surface area contributed by atoms with E-state index in [0.717, 1.165) is 5.56 Å². The third-order valence-corrected chi connectivity index (χ3v) is 3.27. The standard InChI is InChI=1S/C17H16N4O2S/c22-21(23)16-11-5-4-9-15(16)10-6-12-19-20-17(24)18-13-14-7-2-1-3-8-14/h1-12H,13H2,(H2,18,20,24)/b10-6+,19-12+. The number of allylic oxidation sites excluding steroid dienone is 1. The molecule has 0 fully saturated rings. The third-order valence-electron chi connectivity index (χ3n) is 3.03. The molecule has 2 rings (SSSR count).